The Morgan fingerprint density at radius 3 is 0.711 bits per heavy atom. The molecule has 6 aromatic rings. The SMILES string of the molecule is CCOCCSC(C)(C)C.CCOCCS[Si](C(C)C)(C(C)C)C(C)C.CCOCCS[Si](C)(C)C(C)(C)C.CCSC(C)(C)C.CCSC(c1ccccc1)(c1ccccc1)c1ccc(C)cc1.CCSC(c1ccccc1)(c1ccccc1)c1ccccc1.CCS[Si](C(C)C)(C(C)C)C(C)C.CCS[Si](C)(C)C(C)(C)C. The summed E-state index contributed by atoms with van der Waals surface area (Å²) in [6.45, 7) is 91.2. The Morgan fingerprint density at radius 2 is 0.509 bits per heavy atom. The molecule has 0 unspecified atom stereocenters. The fraction of sp³-hybridized carbons (Fsp3) is 0.636. The lowest BCUT2D eigenvalue weighted by Gasteiger charge is -2.42. The summed E-state index contributed by atoms with van der Waals surface area (Å²) in [6, 6.07) is 63.2. The molecule has 0 radical (unpaired) electrons. The number of hydrogen-bond donors (Lipinski definition) is 0. The molecule has 3 nitrogen and oxygen atoms in total. The van der Waals surface area contributed by atoms with Gasteiger partial charge in [0.05, 0.1) is 29.3 Å². The summed E-state index contributed by atoms with van der Waals surface area (Å²) in [5.74, 6) is 9.34. The summed E-state index contributed by atoms with van der Waals surface area (Å²) < 4.78 is 16.6. The van der Waals surface area contributed by atoms with E-state index < -0.39 is 28.9 Å². The Hall–Kier alpha value is -1.13. The number of thioether (sulfide) groups is 4. The maximum atomic E-state index is 5.47. The second kappa shape index (κ2) is 59.6. The summed E-state index contributed by atoms with van der Waals surface area (Å²) >= 11 is 16.8. The van der Waals surface area contributed by atoms with E-state index in [2.05, 4.69) is 469 Å². The largest absolute Gasteiger partial charge is 0.381 e. The van der Waals surface area contributed by atoms with Crippen molar-refractivity contribution < 1.29 is 14.2 Å². The van der Waals surface area contributed by atoms with Crippen molar-refractivity contribution in [3.8, 4) is 0 Å². The van der Waals surface area contributed by atoms with Crippen LogP contribution in [-0.2, 0) is 23.7 Å². The Kier molecular flexibility index (Phi) is 60.1. The molecule has 0 spiro atoms. The molecule has 0 saturated heterocycles. The van der Waals surface area contributed by atoms with Crippen LogP contribution in [0.15, 0.2) is 176 Å². The predicted octanol–water partition coefficient (Wildman–Crippen LogP) is 34.2. The third-order valence-corrected chi connectivity index (χ3v) is 70.7. The second-order valence-corrected chi connectivity index (χ2v) is 79.0. The Labute approximate surface area is 745 Å². The monoisotopic (exact) mass is 1780 g/mol. The summed E-state index contributed by atoms with van der Waals surface area (Å²) in [5.41, 5.74) is 14.5. The lowest BCUT2D eigenvalue weighted by atomic mass is 9.84. The zero-order chi connectivity index (χ0) is 87.7. The van der Waals surface area contributed by atoms with Crippen molar-refractivity contribution in [3.05, 3.63) is 215 Å². The van der Waals surface area contributed by atoms with Gasteiger partial charge in [-0.15, -0.1) is 23.5 Å². The van der Waals surface area contributed by atoms with Gasteiger partial charge in [-0.25, -0.2) is 0 Å². The molecular formula is C99H174O3S8Si4. The van der Waals surface area contributed by atoms with E-state index >= 15 is 0 Å². The third kappa shape index (κ3) is 41.4. The molecule has 0 atom stereocenters. The first-order valence-electron chi connectivity index (χ1n) is 43.4. The first-order chi connectivity index (χ1) is 53.2. The molecule has 0 aliphatic carbocycles. The number of ether oxygens (including phenoxy) is 3. The molecule has 0 N–H and O–H groups in total. The van der Waals surface area contributed by atoms with Crippen molar-refractivity contribution in [2.24, 2.45) is 0 Å². The topological polar surface area (TPSA) is 27.7 Å². The van der Waals surface area contributed by atoms with Crippen molar-refractivity contribution in [1.82, 2.24) is 0 Å². The van der Waals surface area contributed by atoms with E-state index in [1.54, 1.807) is 0 Å². The van der Waals surface area contributed by atoms with Gasteiger partial charge in [-0.3, -0.25) is 0 Å². The van der Waals surface area contributed by atoms with Crippen LogP contribution in [0.5, 0.6) is 0 Å². The molecule has 6 rings (SSSR count). The molecule has 114 heavy (non-hydrogen) atoms. The molecule has 0 bridgehead atoms. The highest BCUT2D eigenvalue weighted by atomic mass is 32.4. The van der Waals surface area contributed by atoms with Gasteiger partial charge in [0.1, 0.15) is 28.9 Å². The van der Waals surface area contributed by atoms with Crippen LogP contribution >= 0.6 is 91.9 Å². The predicted molar refractivity (Wildman–Crippen MR) is 557 cm³/mol. The smallest absolute Gasteiger partial charge is 0.125 e. The van der Waals surface area contributed by atoms with Gasteiger partial charge in [0.15, 0.2) is 0 Å². The molecule has 652 valence electrons. The van der Waals surface area contributed by atoms with Crippen LogP contribution in [0.25, 0.3) is 0 Å². The van der Waals surface area contributed by atoms with Gasteiger partial charge >= 0.3 is 0 Å². The van der Waals surface area contributed by atoms with Crippen molar-refractivity contribution >= 4 is 121 Å². The average molecular weight is 1780 g/mol. The molecular weight excluding hydrogens is 1610 g/mol. The van der Waals surface area contributed by atoms with E-state index in [0.717, 1.165) is 95.9 Å². The minimum absolute atomic E-state index is 0.154. The van der Waals surface area contributed by atoms with Crippen LogP contribution in [0.2, 0.25) is 69.5 Å². The lowest BCUT2D eigenvalue weighted by molar-refractivity contribution is 0.164. The van der Waals surface area contributed by atoms with Crippen molar-refractivity contribution in [2.45, 2.75) is 317 Å². The van der Waals surface area contributed by atoms with Gasteiger partial charge in [0, 0.05) is 46.6 Å². The van der Waals surface area contributed by atoms with Gasteiger partial charge < -0.3 is 14.2 Å². The first-order valence-corrected chi connectivity index (χ1v) is 64.6. The van der Waals surface area contributed by atoms with Gasteiger partial charge in [0.2, 0.25) is 0 Å². The number of hydrogen-bond acceptors (Lipinski definition) is 11. The standard InChI is InChI=1S/C22H22S.C21H20S.C13H30OSSi.C11H26SSi.C10H24OSSi.C8H18OS.C8H20SSi.C6H14S/c1-3-23-22(19-10-6-4-7-11-19,20-12-8-5-9-13-20)21-16-14-18(2)15-17-21;1-2-22-21(18-12-6-3-7-13-18,19-14-8-4-9-15-19)20-16-10-5-11-17-20;1-8-14-9-10-15-16(11(2)3,12(4)5)13(6)7;1-8-12-13(9(2)3,10(4)5)11(6)7;1-7-11-8-9-12-13(5,6)10(2,3)4;1-5-9-6-7-10-8(2,3)4;1-7-9-10(5,6)8(2,3)4;1-5-7-6(2,3)4/h4-17H,3H2,1-2H3;3-17H,2H2,1H3;11-13H,8-10H2,1-7H3;9-11H,8H2,1-7H3;7-9H2,1-6H3;5-7H2,1-4H3;7H2,1-6H3;5H2,1-4H3. The summed E-state index contributed by atoms with van der Waals surface area (Å²) in [4.78, 5) is 0. The van der Waals surface area contributed by atoms with Crippen LogP contribution in [-0.4, -0.2) is 124 Å². The molecule has 0 aromatic heterocycles. The average Bonchev–Trinajstić information content (AvgIpc) is 0.762. The lowest BCUT2D eigenvalue weighted by Crippen LogP contribution is -2.41. The van der Waals surface area contributed by atoms with E-state index in [-0.39, 0.29) is 9.49 Å². The molecule has 0 amide bonds. The van der Waals surface area contributed by atoms with Crippen LogP contribution in [0.4, 0.5) is 0 Å². The Balaban J connectivity index is 0. The van der Waals surface area contributed by atoms with E-state index in [0.29, 0.717) is 19.6 Å². The van der Waals surface area contributed by atoms with Gasteiger partial charge in [0.25, 0.3) is 0 Å². The fourth-order valence-electron chi connectivity index (χ4n) is 14.0. The van der Waals surface area contributed by atoms with Crippen LogP contribution in [0.3, 0.4) is 0 Å². The van der Waals surface area contributed by atoms with Crippen molar-refractivity contribution in [1.29, 1.82) is 0 Å². The van der Waals surface area contributed by atoms with E-state index in [1.165, 1.54) is 62.0 Å². The van der Waals surface area contributed by atoms with Crippen molar-refractivity contribution in [2.75, 3.05) is 85.7 Å². The molecule has 0 heterocycles. The summed E-state index contributed by atoms with van der Waals surface area (Å²) in [6.07, 6.45) is 0. The van der Waals surface area contributed by atoms with Crippen LogP contribution < -0.4 is 0 Å². The summed E-state index contributed by atoms with van der Waals surface area (Å²) in [7, 11) is -4.46. The number of benzene rings is 6. The fourth-order valence-corrected chi connectivity index (χ4v) is 47.1. The normalized spacial score (nSPS) is 12.4. The minimum Gasteiger partial charge on any atom is -0.381 e. The summed E-state index contributed by atoms with van der Waals surface area (Å²) in [5, 5.41) is 1.04. The van der Waals surface area contributed by atoms with E-state index in [4.69, 9.17) is 14.2 Å². The highest BCUT2D eigenvalue weighted by Gasteiger charge is 2.45. The molecule has 15 heteroatoms. The molecule has 0 aliphatic rings. The number of rotatable bonds is 35. The highest BCUT2D eigenvalue weighted by Crippen LogP contribution is 2.53. The van der Waals surface area contributed by atoms with Crippen LogP contribution in [0, 0.1) is 6.92 Å². The minimum atomic E-state index is -1.24. The number of aryl methyl sites for hydroxylation is 1. The molecule has 6 aromatic carbocycles. The van der Waals surface area contributed by atoms with Gasteiger partial charge in [-0.1, -0.05) is 408 Å². The van der Waals surface area contributed by atoms with Crippen molar-refractivity contribution in [3.63, 3.8) is 0 Å². The highest BCUT2D eigenvalue weighted by molar-refractivity contribution is 8.30. The third-order valence-electron chi connectivity index (χ3n) is 21.2. The molecule has 0 saturated carbocycles. The second-order valence-electron chi connectivity index (χ2n) is 35.7. The van der Waals surface area contributed by atoms with E-state index in [9.17, 15) is 0 Å². The molecule has 0 fully saturated rings. The van der Waals surface area contributed by atoms with Crippen LogP contribution in [0.1, 0.15) is 261 Å². The Morgan fingerprint density at radius 1 is 0.272 bits per heavy atom. The zero-order valence-electron chi connectivity index (χ0n) is 80.1. The maximum Gasteiger partial charge on any atom is 0.125 e. The van der Waals surface area contributed by atoms with Gasteiger partial charge in [-0.05, 0) is 133 Å². The maximum absolute atomic E-state index is 5.47. The Bertz CT molecular complexity index is 3060. The zero-order valence-corrected chi connectivity index (χ0v) is 90.6. The molecule has 0 aliphatic heterocycles. The first kappa shape index (κ1) is 115. The quantitative estimate of drug-likeness (QED) is 0.0216. The van der Waals surface area contributed by atoms with E-state index in [1.807, 2.05) is 54.0 Å². The van der Waals surface area contributed by atoms with Gasteiger partial charge in [-0.2, -0.15) is 68.4 Å².